The number of rotatable bonds is 2. The standard InChI is InChI=1S/C17H22O3/c18-17(20-14-2-1-5-19-14)13-8-11-7-12(13)16-10-4-3-9(6-10)15(11)16/h10-14,16H,1-8H2. The maximum absolute atomic E-state index is 12.5. The number of fused-ring (bicyclic) bond motifs is 8. The monoisotopic (exact) mass is 274 g/mol. The molecule has 3 heteroatoms. The molecule has 4 bridgehead atoms. The van der Waals surface area contributed by atoms with Crippen molar-refractivity contribution in [2.24, 2.45) is 29.6 Å². The van der Waals surface area contributed by atoms with Gasteiger partial charge in [0, 0.05) is 6.42 Å². The van der Waals surface area contributed by atoms with E-state index >= 15 is 0 Å². The van der Waals surface area contributed by atoms with E-state index in [1.807, 2.05) is 0 Å². The van der Waals surface area contributed by atoms with Crippen molar-refractivity contribution in [2.45, 2.75) is 51.2 Å². The molecule has 0 aromatic rings. The smallest absolute Gasteiger partial charge is 0.311 e. The molecule has 108 valence electrons. The normalized spacial score (nSPS) is 48.2. The Morgan fingerprint density at radius 2 is 2.20 bits per heavy atom. The largest absolute Gasteiger partial charge is 0.436 e. The van der Waals surface area contributed by atoms with Gasteiger partial charge in [-0.05, 0) is 62.2 Å². The van der Waals surface area contributed by atoms with Gasteiger partial charge in [0.15, 0.2) is 0 Å². The fourth-order valence-corrected chi connectivity index (χ4v) is 5.93. The average molecular weight is 274 g/mol. The number of carbonyl (C=O) groups is 1. The second kappa shape index (κ2) is 4.09. The van der Waals surface area contributed by atoms with Crippen LogP contribution in [0, 0.1) is 29.6 Å². The first-order valence-electron chi connectivity index (χ1n) is 8.35. The molecule has 1 heterocycles. The van der Waals surface area contributed by atoms with E-state index < -0.39 is 0 Å². The third-order valence-electron chi connectivity index (χ3n) is 6.55. The van der Waals surface area contributed by atoms with Gasteiger partial charge in [0.2, 0.25) is 6.29 Å². The number of carbonyl (C=O) groups excluding carboxylic acids is 1. The number of allylic oxidation sites excluding steroid dienone is 2. The zero-order valence-electron chi connectivity index (χ0n) is 11.8. The molecule has 0 amide bonds. The minimum absolute atomic E-state index is 0.0382. The molecule has 6 unspecified atom stereocenters. The summed E-state index contributed by atoms with van der Waals surface area (Å²) in [4.78, 5) is 12.5. The van der Waals surface area contributed by atoms with Crippen LogP contribution in [0.2, 0.25) is 0 Å². The van der Waals surface area contributed by atoms with Crippen molar-refractivity contribution in [3.63, 3.8) is 0 Å². The number of hydrogen-bond donors (Lipinski definition) is 0. The van der Waals surface area contributed by atoms with Gasteiger partial charge in [0.1, 0.15) is 0 Å². The van der Waals surface area contributed by atoms with Crippen LogP contribution in [-0.2, 0) is 14.3 Å². The molecule has 20 heavy (non-hydrogen) atoms. The van der Waals surface area contributed by atoms with Crippen LogP contribution in [-0.4, -0.2) is 18.9 Å². The Kier molecular flexibility index (Phi) is 2.41. The summed E-state index contributed by atoms with van der Waals surface area (Å²) in [6.07, 6.45) is 8.04. The summed E-state index contributed by atoms with van der Waals surface area (Å²) in [5, 5.41) is 0. The van der Waals surface area contributed by atoms with E-state index in [1.165, 1.54) is 25.7 Å². The zero-order valence-corrected chi connectivity index (χ0v) is 11.8. The van der Waals surface area contributed by atoms with E-state index in [9.17, 15) is 4.79 Å². The molecule has 1 saturated heterocycles. The molecule has 3 nitrogen and oxygen atoms in total. The van der Waals surface area contributed by atoms with Crippen molar-refractivity contribution in [3.05, 3.63) is 11.1 Å². The lowest BCUT2D eigenvalue weighted by atomic mass is 9.72. The van der Waals surface area contributed by atoms with E-state index in [1.54, 1.807) is 11.1 Å². The predicted molar refractivity (Wildman–Crippen MR) is 72.6 cm³/mol. The Morgan fingerprint density at radius 3 is 3.05 bits per heavy atom. The Balaban J connectivity index is 1.34. The van der Waals surface area contributed by atoms with Crippen LogP contribution in [0.4, 0.5) is 0 Å². The van der Waals surface area contributed by atoms with Crippen molar-refractivity contribution < 1.29 is 14.3 Å². The fourth-order valence-electron chi connectivity index (χ4n) is 5.93. The minimum Gasteiger partial charge on any atom is -0.436 e. The van der Waals surface area contributed by atoms with Crippen molar-refractivity contribution in [1.82, 2.24) is 0 Å². The highest BCUT2D eigenvalue weighted by Gasteiger charge is 2.58. The highest BCUT2D eigenvalue weighted by Crippen LogP contribution is 2.66. The molecule has 3 saturated carbocycles. The minimum atomic E-state index is -0.250. The summed E-state index contributed by atoms with van der Waals surface area (Å²) < 4.78 is 11.0. The van der Waals surface area contributed by atoms with Gasteiger partial charge in [-0.1, -0.05) is 11.1 Å². The Labute approximate surface area is 119 Å². The molecule has 1 aliphatic heterocycles. The Morgan fingerprint density at radius 1 is 1.25 bits per heavy atom. The van der Waals surface area contributed by atoms with Crippen LogP contribution in [0.3, 0.4) is 0 Å². The summed E-state index contributed by atoms with van der Waals surface area (Å²) >= 11 is 0. The van der Waals surface area contributed by atoms with Gasteiger partial charge < -0.3 is 9.47 Å². The van der Waals surface area contributed by atoms with Crippen LogP contribution in [0.15, 0.2) is 11.1 Å². The second-order valence-electron chi connectivity index (χ2n) is 7.41. The van der Waals surface area contributed by atoms with E-state index in [4.69, 9.17) is 9.47 Å². The van der Waals surface area contributed by atoms with E-state index in [0.29, 0.717) is 11.8 Å². The van der Waals surface area contributed by atoms with Crippen LogP contribution in [0.5, 0.6) is 0 Å². The first-order chi connectivity index (χ1) is 9.81. The number of esters is 1. The quantitative estimate of drug-likeness (QED) is 0.573. The summed E-state index contributed by atoms with van der Waals surface area (Å²) in [5.41, 5.74) is 3.57. The second-order valence-corrected chi connectivity index (χ2v) is 7.41. The molecule has 0 spiro atoms. The molecule has 5 aliphatic rings. The van der Waals surface area contributed by atoms with Crippen molar-refractivity contribution in [2.75, 3.05) is 6.61 Å². The van der Waals surface area contributed by atoms with Gasteiger partial charge in [-0.15, -0.1) is 0 Å². The topological polar surface area (TPSA) is 35.5 Å². The SMILES string of the molecule is O=C(OC1CCCO1)C1CC2CC1C1C2=C2CCC1C2. The molecule has 0 aromatic heterocycles. The van der Waals surface area contributed by atoms with Gasteiger partial charge in [0.05, 0.1) is 12.5 Å². The third-order valence-corrected chi connectivity index (χ3v) is 6.55. The summed E-state index contributed by atoms with van der Waals surface area (Å²) in [5.74, 6) is 3.13. The third kappa shape index (κ3) is 1.47. The molecular formula is C17H22O3. The predicted octanol–water partition coefficient (Wildman–Crippen LogP) is 3.05. The molecule has 0 N–H and O–H groups in total. The summed E-state index contributed by atoms with van der Waals surface area (Å²) in [7, 11) is 0. The molecule has 5 rings (SSSR count). The van der Waals surface area contributed by atoms with Crippen LogP contribution < -0.4 is 0 Å². The molecule has 0 aromatic carbocycles. The lowest BCUT2D eigenvalue weighted by Gasteiger charge is -2.33. The fraction of sp³-hybridized carbons (Fsp3) is 0.824. The van der Waals surface area contributed by atoms with Crippen molar-refractivity contribution in [1.29, 1.82) is 0 Å². The highest BCUT2D eigenvalue weighted by molar-refractivity contribution is 5.74. The van der Waals surface area contributed by atoms with Crippen molar-refractivity contribution >= 4 is 5.97 Å². The van der Waals surface area contributed by atoms with E-state index in [-0.39, 0.29) is 18.2 Å². The lowest BCUT2D eigenvalue weighted by Crippen LogP contribution is -2.33. The van der Waals surface area contributed by atoms with Gasteiger partial charge in [-0.2, -0.15) is 0 Å². The Bertz CT molecular complexity index is 488. The maximum Gasteiger partial charge on any atom is 0.311 e. The summed E-state index contributed by atoms with van der Waals surface area (Å²) in [6, 6.07) is 0. The molecule has 4 fully saturated rings. The molecule has 6 atom stereocenters. The van der Waals surface area contributed by atoms with E-state index in [2.05, 4.69) is 0 Å². The van der Waals surface area contributed by atoms with E-state index in [0.717, 1.165) is 37.7 Å². The van der Waals surface area contributed by atoms with Gasteiger partial charge in [-0.3, -0.25) is 4.79 Å². The highest BCUT2D eigenvalue weighted by atomic mass is 16.7. The van der Waals surface area contributed by atoms with Gasteiger partial charge in [-0.25, -0.2) is 0 Å². The van der Waals surface area contributed by atoms with Gasteiger partial charge >= 0.3 is 5.97 Å². The number of hydrogen-bond acceptors (Lipinski definition) is 3. The van der Waals surface area contributed by atoms with Gasteiger partial charge in [0.25, 0.3) is 0 Å². The Hall–Kier alpha value is -0.830. The molecule has 0 radical (unpaired) electrons. The van der Waals surface area contributed by atoms with Crippen LogP contribution in [0.25, 0.3) is 0 Å². The first-order valence-corrected chi connectivity index (χ1v) is 8.35. The zero-order chi connectivity index (χ0) is 13.3. The lowest BCUT2D eigenvalue weighted by molar-refractivity contribution is -0.177. The van der Waals surface area contributed by atoms with Crippen LogP contribution in [0.1, 0.15) is 44.9 Å². The molecular weight excluding hydrogens is 252 g/mol. The average Bonchev–Trinajstić information content (AvgIpc) is 3.22. The maximum atomic E-state index is 12.5. The summed E-state index contributed by atoms with van der Waals surface area (Å²) in [6.45, 7) is 0.746. The van der Waals surface area contributed by atoms with Crippen LogP contribution >= 0.6 is 0 Å². The first kappa shape index (κ1) is 11.8. The van der Waals surface area contributed by atoms with Crippen molar-refractivity contribution in [3.8, 4) is 0 Å². The molecule has 4 aliphatic carbocycles. The number of ether oxygens (including phenoxy) is 2.